The lowest BCUT2D eigenvalue weighted by Crippen LogP contribution is -2.48. The van der Waals surface area contributed by atoms with E-state index in [-0.39, 0.29) is 17.7 Å². The molecule has 0 radical (unpaired) electrons. The molecule has 1 amide bonds. The Labute approximate surface area is 211 Å². The summed E-state index contributed by atoms with van der Waals surface area (Å²) in [6, 6.07) is 14.8. The van der Waals surface area contributed by atoms with Gasteiger partial charge in [0.05, 0.1) is 54.3 Å². The molecule has 1 aliphatic heterocycles. The Balaban J connectivity index is 1.30. The van der Waals surface area contributed by atoms with Gasteiger partial charge in [0.25, 0.3) is 5.91 Å². The van der Waals surface area contributed by atoms with Gasteiger partial charge in [0.1, 0.15) is 0 Å². The van der Waals surface area contributed by atoms with Gasteiger partial charge in [0.2, 0.25) is 0 Å². The van der Waals surface area contributed by atoms with Gasteiger partial charge in [-0.15, -0.1) is 0 Å². The van der Waals surface area contributed by atoms with Crippen molar-refractivity contribution in [3.8, 4) is 11.8 Å². The van der Waals surface area contributed by atoms with Crippen LogP contribution in [0.5, 0.6) is 0 Å². The molecule has 0 spiro atoms. The lowest BCUT2D eigenvalue weighted by Gasteiger charge is -2.42. The van der Waals surface area contributed by atoms with Gasteiger partial charge < -0.3 is 10.1 Å². The molecule has 3 aromatic rings. The van der Waals surface area contributed by atoms with Crippen LogP contribution in [0, 0.1) is 31.1 Å². The molecule has 1 saturated heterocycles. The summed E-state index contributed by atoms with van der Waals surface area (Å²) in [7, 11) is 0. The Morgan fingerprint density at radius 3 is 2.56 bits per heavy atom. The molecule has 8 heteroatoms. The molecule has 8 nitrogen and oxygen atoms in total. The molecule has 3 unspecified atom stereocenters. The van der Waals surface area contributed by atoms with Gasteiger partial charge in [-0.25, -0.2) is 4.68 Å². The van der Waals surface area contributed by atoms with Crippen molar-refractivity contribution in [1.82, 2.24) is 19.7 Å². The molecule has 1 aromatic carbocycles. The number of ether oxygens (including phenoxy) is 1. The molecule has 3 heterocycles. The normalized spacial score (nSPS) is 22.6. The summed E-state index contributed by atoms with van der Waals surface area (Å²) in [6.45, 7) is 7.27. The van der Waals surface area contributed by atoms with E-state index in [1.165, 1.54) is 5.56 Å². The first-order valence-electron chi connectivity index (χ1n) is 12.6. The van der Waals surface area contributed by atoms with Crippen LogP contribution in [0.25, 0.3) is 5.69 Å². The fourth-order valence-electron chi connectivity index (χ4n) is 5.41. The first kappa shape index (κ1) is 24.2. The summed E-state index contributed by atoms with van der Waals surface area (Å²) in [5.74, 6) is 0.0385. The van der Waals surface area contributed by atoms with Crippen LogP contribution < -0.4 is 5.32 Å². The highest BCUT2D eigenvalue weighted by molar-refractivity contribution is 6.04. The number of aromatic nitrogens is 3. The van der Waals surface area contributed by atoms with Crippen LogP contribution in [-0.2, 0) is 4.74 Å². The monoisotopic (exact) mass is 484 g/mol. The number of anilines is 1. The Hall–Kier alpha value is -3.54. The maximum Gasteiger partial charge on any atom is 0.259 e. The van der Waals surface area contributed by atoms with Crippen molar-refractivity contribution in [3.05, 3.63) is 71.3 Å². The number of hydrogen-bond acceptors (Lipinski definition) is 6. The van der Waals surface area contributed by atoms with E-state index in [9.17, 15) is 10.1 Å². The van der Waals surface area contributed by atoms with Crippen LogP contribution in [0.3, 0.4) is 0 Å². The van der Waals surface area contributed by atoms with E-state index in [4.69, 9.17) is 9.72 Å². The van der Waals surface area contributed by atoms with Crippen molar-refractivity contribution in [2.45, 2.75) is 45.1 Å². The van der Waals surface area contributed by atoms with E-state index in [2.05, 4.69) is 21.4 Å². The molecule has 1 saturated carbocycles. The number of hydrogen-bond donors (Lipinski definition) is 1. The number of carbonyl (C=O) groups excluding carboxylic acids is 1. The number of amides is 1. The lowest BCUT2D eigenvalue weighted by atomic mass is 9.76. The van der Waals surface area contributed by atoms with Crippen molar-refractivity contribution in [1.29, 1.82) is 5.26 Å². The molecule has 186 valence electrons. The van der Waals surface area contributed by atoms with E-state index in [1.54, 1.807) is 17.1 Å². The predicted molar refractivity (Wildman–Crippen MR) is 137 cm³/mol. The van der Waals surface area contributed by atoms with Crippen LogP contribution in [0.4, 0.5) is 5.69 Å². The fraction of sp³-hybridized carbons (Fsp3) is 0.429. The number of nitrogens with zero attached hydrogens (tertiary/aromatic N) is 5. The third-order valence-corrected chi connectivity index (χ3v) is 7.47. The number of aryl methyl sites for hydroxylation is 1. The molecule has 2 aliphatic rings. The average Bonchev–Trinajstić information content (AvgIpc) is 3.31. The highest BCUT2D eigenvalue weighted by atomic mass is 16.5. The quantitative estimate of drug-likeness (QED) is 0.582. The first-order valence-corrected chi connectivity index (χ1v) is 12.6. The highest BCUT2D eigenvalue weighted by Crippen LogP contribution is 2.38. The number of nitriles is 1. The molecule has 2 fully saturated rings. The molecule has 36 heavy (non-hydrogen) atoms. The minimum atomic E-state index is -0.214. The lowest BCUT2D eigenvalue weighted by molar-refractivity contribution is 0.0000695. The molecule has 5 rings (SSSR count). The van der Waals surface area contributed by atoms with Gasteiger partial charge >= 0.3 is 0 Å². The van der Waals surface area contributed by atoms with E-state index in [0.29, 0.717) is 17.3 Å². The van der Waals surface area contributed by atoms with Crippen LogP contribution in [0.2, 0.25) is 0 Å². The summed E-state index contributed by atoms with van der Waals surface area (Å²) in [5, 5.41) is 16.9. The summed E-state index contributed by atoms with van der Waals surface area (Å²) >= 11 is 0. The Morgan fingerprint density at radius 2 is 1.86 bits per heavy atom. The molecule has 3 atom stereocenters. The van der Waals surface area contributed by atoms with Crippen LogP contribution >= 0.6 is 0 Å². The van der Waals surface area contributed by atoms with Crippen molar-refractivity contribution < 1.29 is 9.53 Å². The van der Waals surface area contributed by atoms with Gasteiger partial charge in [0.15, 0.2) is 0 Å². The third-order valence-electron chi connectivity index (χ3n) is 7.47. The molecular weight excluding hydrogens is 452 g/mol. The minimum Gasteiger partial charge on any atom is -0.379 e. The van der Waals surface area contributed by atoms with Gasteiger partial charge in [-0.1, -0.05) is 17.7 Å². The SMILES string of the molecule is Cc1ccc(-n2ncc(C(=O)Nc3ccc(C4CC(C#N)CCC4N4CCOCC4)nc3)c2C)cc1. The number of benzene rings is 1. The van der Waals surface area contributed by atoms with Crippen LogP contribution in [0.1, 0.15) is 52.5 Å². The second-order valence-electron chi connectivity index (χ2n) is 9.78. The van der Waals surface area contributed by atoms with Crippen molar-refractivity contribution in [3.63, 3.8) is 0 Å². The number of carbonyl (C=O) groups is 1. The Bertz CT molecular complexity index is 1240. The topological polar surface area (TPSA) is 96.1 Å². The Kier molecular flexibility index (Phi) is 7.12. The van der Waals surface area contributed by atoms with E-state index < -0.39 is 0 Å². The maximum atomic E-state index is 13.0. The molecule has 0 bridgehead atoms. The zero-order valence-corrected chi connectivity index (χ0v) is 20.9. The second kappa shape index (κ2) is 10.6. The summed E-state index contributed by atoms with van der Waals surface area (Å²) in [6.07, 6.45) is 6.06. The van der Waals surface area contributed by atoms with E-state index >= 15 is 0 Å². The zero-order chi connectivity index (χ0) is 25.1. The summed E-state index contributed by atoms with van der Waals surface area (Å²) in [4.78, 5) is 20.3. The van der Waals surface area contributed by atoms with Crippen LogP contribution in [-0.4, -0.2) is 57.9 Å². The first-order chi connectivity index (χ1) is 17.5. The largest absolute Gasteiger partial charge is 0.379 e. The second-order valence-corrected chi connectivity index (χ2v) is 9.78. The average molecular weight is 485 g/mol. The number of nitrogens with one attached hydrogen (secondary N) is 1. The number of rotatable bonds is 5. The molecule has 2 aromatic heterocycles. The van der Waals surface area contributed by atoms with E-state index in [1.807, 2.05) is 50.2 Å². The smallest absolute Gasteiger partial charge is 0.259 e. The van der Waals surface area contributed by atoms with Crippen molar-refractivity contribution >= 4 is 11.6 Å². The number of pyridine rings is 1. The number of morpholine rings is 1. The van der Waals surface area contributed by atoms with Crippen LogP contribution in [0.15, 0.2) is 48.8 Å². The highest BCUT2D eigenvalue weighted by Gasteiger charge is 2.36. The summed E-state index contributed by atoms with van der Waals surface area (Å²) < 4.78 is 7.32. The third kappa shape index (κ3) is 5.03. The molecule has 1 N–H and O–H groups in total. The van der Waals surface area contributed by atoms with Gasteiger partial charge in [0, 0.05) is 36.7 Å². The van der Waals surface area contributed by atoms with Crippen molar-refractivity contribution in [2.24, 2.45) is 5.92 Å². The van der Waals surface area contributed by atoms with Crippen molar-refractivity contribution in [2.75, 3.05) is 31.6 Å². The predicted octanol–water partition coefficient (Wildman–Crippen LogP) is 4.24. The molecular formula is C28H32N6O2. The van der Waals surface area contributed by atoms with Gasteiger partial charge in [-0.05, 0) is 57.4 Å². The van der Waals surface area contributed by atoms with Gasteiger partial charge in [-0.3, -0.25) is 14.7 Å². The standard InChI is InChI=1S/C28H32N6O2/c1-19-3-7-23(8-4-19)34-20(2)25(18-31-34)28(35)32-22-6-9-26(30-17-22)24-15-21(16-29)5-10-27(24)33-11-13-36-14-12-33/h3-4,6-9,17-18,21,24,27H,5,10-15H2,1-2H3,(H,32,35). The zero-order valence-electron chi connectivity index (χ0n) is 20.9. The minimum absolute atomic E-state index is 0.0570. The van der Waals surface area contributed by atoms with Gasteiger partial charge in [-0.2, -0.15) is 10.4 Å². The summed E-state index contributed by atoms with van der Waals surface area (Å²) in [5.41, 5.74) is 5.01. The fourth-order valence-corrected chi connectivity index (χ4v) is 5.41. The maximum absolute atomic E-state index is 13.0. The Morgan fingerprint density at radius 1 is 1.08 bits per heavy atom. The molecule has 1 aliphatic carbocycles. The van der Waals surface area contributed by atoms with E-state index in [0.717, 1.165) is 62.6 Å².